The number of aliphatic hydroxyl groups is 2. The highest BCUT2D eigenvalue weighted by Crippen LogP contribution is 2.66. The first-order valence-corrected chi connectivity index (χ1v) is 7.00. The Bertz CT molecular complexity index is 407. The van der Waals surface area contributed by atoms with Crippen LogP contribution in [-0.4, -0.2) is 33.0 Å². The highest BCUT2D eigenvalue weighted by atomic mass is 16.4. The lowest BCUT2D eigenvalue weighted by Gasteiger charge is -2.25. The molecule has 0 saturated heterocycles. The van der Waals surface area contributed by atoms with Gasteiger partial charge in [-0.25, -0.2) is 4.79 Å². The van der Waals surface area contributed by atoms with E-state index in [1.165, 1.54) is 0 Å². The van der Waals surface area contributed by atoms with E-state index >= 15 is 0 Å². The lowest BCUT2D eigenvalue weighted by atomic mass is 9.90. The largest absolute Gasteiger partial charge is 0.478 e. The summed E-state index contributed by atoms with van der Waals surface area (Å²) in [5.74, 6) is 0.0789. The van der Waals surface area contributed by atoms with Gasteiger partial charge in [0.25, 0.3) is 0 Å². The molecule has 1 saturated carbocycles. The molecule has 1 fully saturated rings. The molecule has 0 unspecified atom stereocenters. The van der Waals surface area contributed by atoms with Gasteiger partial charge < -0.3 is 15.3 Å². The van der Waals surface area contributed by atoms with E-state index in [4.69, 9.17) is 5.11 Å². The molecule has 0 spiro atoms. The van der Waals surface area contributed by atoms with Crippen LogP contribution in [0.1, 0.15) is 46.5 Å². The number of carboxylic acids is 1. The van der Waals surface area contributed by atoms with Crippen molar-refractivity contribution in [3.63, 3.8) is 0 Å². The molecule has 0 aliphatic heterocycles. The van der Waals surface area contributed by atoms with E-state index in [0.717, 1.165) is 12.8 Å². The van der Waals surface area contributed by atoms with Crippen LogP contribution in [0.5, 0.6) is 0 Å². The van der Waals surface area contributed by atoms with Gasteiger partial charge in [-0.1, -0.05) is 13.0 Å². The van der Waals surface area contributed by atoms with Crippen molar-refractivity contribution >= 4 is 5.97 Å². The van der Waals surface area contributed by atoms with Crippen LogP contribution in [-0.2, 0) is 4.79 Å². The van der Waals surface area contributed by atoms with E-state index in [9.17, 15) is 15.0 Å². The van der Waals surface area contributed by atoms with Gasteiger partial charge in [0.05, 0.1) is 11.7 Å². The Morgan fingerprint density at radius 1 is 1.58 bits per heavy atom. The summed E-state index contributed by atoms with van der Waals surface area (Å²) >= 11 is 0. The van der Waals surface area contributed by atoms with Gasteiger partial charge in [-0.2, -0.15) is 0 Å². The zero-order valence-electron chi connectivity index (χ0n) is 11.9. The second-order valence-electron chi connectivity index (χ2n) is 6.88. The average molecular weight is 268 g/mol. The fraction of sp³-hybridized carbons (Fsp3) is 0.800. The molecule has 2 aliphatic carbocycles. The van der Waals surface area contributed by atoms with Gasteiger partial charge in [-0.15, -0.1) is 0 Å². The minimum Gasteiger partial charge on any atom is -0.478 e. The molecule has 4 nitrogen and oxygen atoms in total. The summed E-state index contributed by atoms with van der Waals surface area (Å²) < 4.78 is 0. The van der Waals surface area contributed by atoms with Crippen molar-refractivity contribution in [2.45, 2.75) is 58.2 Å². The van der Waals surface area contributed by atoms with Gasteiger partial charge in [0, 0.05) is 5.57 Å². The lowest BCUT2D eigenvalue weighted by molar-refractivity contribution is -0.132. The SMILES string of the molecule is CC(C)(O)[C@H](O)CC[C@@]1(C)[C@@H]2CCC(C(=O)O)=C[C@@H]21. The normalized spacial score (nSPS) is 35.3. The van der Waals surface area contributed by atoms with Crippen molar-refractivity contribution in [3.05, 3.63) is 11.6 Å². The number of hydrogen-bond acceptors (Lipinski definition) is 3. The molecule has 0 aromatic carbocycles. The highest BCUT2D eigenvalue weighted by Gasteiger charge is 2.60. The maximum Gasteiger partial charge on any atom is 0.331 e. The number of allylic oxidation sites excluding steroid dienone is 1. The van der Waals surface area contributed by atoms with E-state index in [0.29, 0.717) is 30.3 Å². The van der Waals surface area contributed by atoms with Crippen molar-refractivity contribution in [1.29, 1.82) is 0 Å². The minimum absolute atomic E-state index is 0.101. The van der Waals surface area contributed by atoms with E-state index in [1.807, 2.05) is 6.08 Å². The zero-order chi connectivity index (χ0) is 14.4. The molecular weight excluding hydrogens is 244 g/mol. The second-order valence-corrected chi connectivity index (χ2v) is 6.88. The van der Waals surface area contributed by atoms with Gasteiger partial charge in [0.1, 0.15) is 0 Å². The number of aliphatic carboxylic acids is 1. The first-order valence-electron chi connectivity index (χ1n) is 7.00. The Labute approximate surface area is 114 Å². The summed E-state index contributed by atoms with van der Waals surface area (Å²) in [6.45, 7) is 5.39. The molecule has 0 aromatic heterocycles. The third-order valence-corrected chi connectivity index (χ3v) is 5.08. The van der Waals surface area contributed by atoms with E-state index in [1.54, 1.807) is 13.8 Å². The van der Waals surface area contributed by atoms with E-state index < -0.39 is 17.7 Å². The summed E-state index contributed by atoms with van der Waals surface area (Å²) in [7, 11) is 0. The topological polar surface area (TPSA) is 77.8 Å². The van der Waals surface area contributed by atoms with Crippen LogP contribution in [0.3, 0.4) is 0 Å². The number of hydrogen-bond donors (Lipinski definition) is 3. The number of rotatable bonds is 5. The van der Waals surface area contributed by atoms with Crippen molar-refractivity contribution < 1.29 is 20.1 Å². The molecule has 2 aliphatic rings. The monoisotopic (exact) mass is 268 g/mol. The van der Waals surface area contributed by atoms with E-state index in [-0.39, 0.29) is 5.41 Å². The Kier molecular flexibility index (Phi) is 3.52. The van der Waals surface area contributed by atoms with Crippen LogP contribution in [0.25, 0.3) is 0 Å². The predicted molar refractivity (Wildman–Crippen MR) is 71.6 cm³/mol. The van der Waals surface area contributed by atoms with Gasteiger partial charge in [0.2, 0.25) is 0 Å². The summed E-state index contributed by atoms with van der Waals surface area (Å²) in [6.07, 6.45) is 4.15. The van der Waals surface area contributed by atoms with Crippen molar-refractivity contribution in [1.82, 2.24) is 0 Å². The Morgan fingerprint density at radius 2 is 2.21 bits per heavy atom. The molecule has 0 amide bonds. The molecular formula is C15H24O4. The molecule has 0 aromatic rings. The smallest absolute Gasteiger partial charge is 0.331 e. The summed E-state index contributed by atoms with van der Waals surface area (Å²) in [5.41, 5.74) is -0.435. The zero-order valence-corrected chi connectivity index (χ0v) is 11.9. The fourth-order valence-electron chi connectivity index (χ4n) is 3.46. The standard InChI is InChI=1S/C15H24O4/c1-14(2,19)12(16)6-7-15(3)10-5-4-9(13(17)18)8-11(10)15/h8,10-12,16,19H,4-7H2,1-3H3,(H,17,18)/t10-,11+,12-,15+/m1/s1. The molecule has 0 bridgehead atoms. The maximum atomic E-state index is 11.0. The first kappa shape index (κ1) is 14.5. The number of carboxylic acid groups (broad SMARTS) is 1. The number of aliphatic hydroxyl groups excluding tert-OH is 1. The quantitative estimate of drug-likeness (QED) is 0.712. The van der Waals surface area contributed by atoms with Crippen LogP contribution in [0.2, 0.25) is 0 Å². The summed E-state index contributed by atoms with van der Waals surface area (Å²) in [6, 6.07) is 0. The third kappa shape index (κ3) is 2.70. The van der Waals surface area contributed by atoms with Gasteiger partial charge in [0.15, 0.2) is 0 Å². The molecule has 2 rings (SSSR count). The molecule has 4 atom stereocenters. The van der Waals surface area contributed by atoms with Gasteiger partial charge in [-0.3, -0.25) is 0 Å². The lowest BCUT2D eigenvalue weighted by Crippen LogP contribution is -2.36. The van der Waals surface area contributed by atoms with Crippen LogP contribution in [0.15, 0.2) is 11.6 Å². The van der Waals surface area contributed by atoms with Crippen molar-refractivity contribution in [2.75, 3.05) is 0 Å². The van der Waals surface area contributed by atoms with Crippen LogP contribution in [0.4, 0.5) is 0 Å². The number of fused-ring (bicyclic) bond motifs is 1. The highest BCUT2D eigenvalue weighted by molar-refractivity contribution is 5.87. The molecule has 0 radical (unpaired) electrons. The second kappa shape index (κ2) is 4.60. The van der Waals surface area contributed by atoms with Crippen molar-refractivity contribution in [3.8, 4) is 0 Å². The number of carbonyl (C=O) groups is 1. The Morgan fingerprint density at radius 3 is 2.74 bits per heavy atom. The van der Waals surface area contributed by atoms with Gasteiger partial charge >= 0.3 is 5.97 Å². The predicted octanol–water partition coefficient (Wildman–Crippen LogP) is 1.96. The van der Waals surface area contributed by atoms with Crippen LogP contribution < -0.4 is 0 Å². The Balaban J connectivity index is 1.95. The Hall–Kier alpha value is -0.870. The molecule has 0 heterocycles. The fourth-order valence-corrected chi connectivity index (χ4v) is 3.46. The molecule has 108 valence electrons. The summed E-state index contributed by atoms with van der Waals surface area (Å²) in [4.78, 5) is 11.0. The van der Waals surface area contributed by atoms with Crippen LogP contribution >= 0.6 is 0 Å². The molecule has 19 heavy (non-hydrogen) atoms. The maximum absolute atomic E-state index is 11.0. The van der Waals surface area contributed by atoms with Gasteiger partial charge in [-0.05, 0) is 56.8 Å². The van der Waals surface area contributed by atoms with Crippen molar-refractivity contribution in [2.24, 2.45) is 17.3 Å². The minimum atomic E-state index is -1.07. The average Bonchev–Trinajstić information content (AvgIpc) is 2.91. The molecule has 4 heteroatoms. The first-order chi connectivity index (χ1) is 8.66. The summed E-state index contributed by atoms with van der Waals surface area (Å²) in [5, 5.41) is 28.7. The third-order valence-electron chi connectivity index (χ3n) is 5.08. The van der Waals surface area contributed by atoms with E-state index in [2.05, 4.69) is 6.92 Å². The molecule has 3 N–H and O–H groups in total. The van der Waals surface area contributed by atoms with Crippen LogP contribution in [0, 0.1) is 17.3 Å².